The highest BCUT2D eigenvalue weighted by atomic mass is 19.3. The average molecular weight is 425 g/mol. The molecule has 4 nitrogen and oxygen atoms in total. The summed E-state index contributed by atoms with van der Waals surface area (Å²) in [6, 6.07) is 15.3. The SMILES string of the molecule is OC1(c2cccc(OC(F)(F)C(F)F)c2)CC2COCC(C1)N2Cc1ccccc1. The topological polar surface area (TPSA) is 41.9 Å². The van der Waals surface area contributed by atoms with E-state index >= 15 is 0 Å². The van der Waals surface area contributed by atoms with Crippen LogP contribution < -0.4 is 4.74 Å². The summed E-state index contributed by atoms with van der Waals surface area (Å²) >= 11 is 0. The third-order valence-corrected chi connectivity index (χ3v) is 5.79. The highest BCUT2D eigenvalue weighted by Gasteiger charge is 2.48. The molecule has 2 aromatic rings. The summed E-state index contributed by atoms with van der Waals surface area (Å²) < 4.78 is 61.4. The second kappa shape index (κ2) is 8.17. The van der Waals surface area contributed by atoms with E-state index in [-0.39, 0.29) is 12.1 Å². The third-order valence-electron chi connectivity index (χ3n) is 5.79. The number of hydrogen-bond acceptors (Lipinski definition) is 4. The van der Waals surface area contributed by atoms with Crippen LogP contribution in [0.3, 0.4) is 0 Å². The van der Waals surface area contributed by atoms with E-state index in [0.717, 1.165) is 12.1 Å². The molecule has 0 amide bonds. The Morgan fingerprint density at radius 3 is 2.37 bits per heavy atom. The van der Waals surface area contributed by atoms with Crippen molar-refractivity contribution in [3.63, 3.8) is 0 Å². The molecule has 4 rings (SSSR count). The lowest BCUT2D eigenvalue weighted by molar-refractivity contribution is -0.253. The van der Waals surface area contributed by atoms with Crippen molar-refractivity contribution in [3.8, 4) is 5.75 Å². The van der Waals surface area contributed by atoms with Crippen molar-refractivity contribution < 1.29 is 32.1 Å². The highest BCUT2D eigenvalue weighted by molar-refractivity contribution is 5.34. The first-order chi connectivity index (χ1) is 14.3. The first-order valence-electron chi connectivity index (χ1n) is 9.82. The standard InChI is InChI=1S/C22H23F4NO3/c23-20(24)22(25,26)30-19-8-4-7-16(9-19)21(28)10-17-13-29-14-18(11-21)27(17)12-15-5-2-1-3-6-15/h1-9,17-18,20,28H,10-14H2. The summed E-state index contributed by atoms with van der Waals surface area (Å²) in [6.45, 7) is 1.62. The van der Waals surface area contributed by atoms with E-state index in [0.29, 0.717) is 31.6 Å². The van der Waals surface area contributed by atoms with Crippen molar-refractivity contribution in [2.45, 2.75) is 49.6 Å². The molecule has 2 heterocycles. The molecule has 2 aliphatic rings. The van der Waals surface area contributed by atoms with Gasteiger partial charge in [0.25, 0.3) is 0 Å². The Balaban J connectivity index is 1.54. The molecule has 8 heteroatoms. The number of alkyl halides is 4. The maximum atomic E-state index is 13.3. The van der Waals surface area contributed by atoms with Gasteiger partial charge in [-0.2, -0.15) is 17.6 Å². The van der Waals surface area contributed by atoms with Crippen molar-refractivity contribution in [2.24, 2.45) is 0 Å². The van der Waals surface area contributed by atoms with Crippen LogP contribution in [0.1, 0.15) is 24.0 Å². The number of hydrogen-bond donors (Lipinski definition) is 1. The fourth-order valence-corrected chi connectivity index (χ4v) is 4.38. The number of rotatable bonds is 6. The molecule has 0 radical (unpaired) electrons. The third kappa shape index (κ3) is 4.31. The van der Waals surface area contributed by atoms with E-state index in [1.807, 2.05) is 30.3 Å². The minimum Gasteiger partial charge on any atom is -0.428 e. The molecule has 2 saturated heterocycles. The summed E-state index contributed by atoms with van der Waals surface area (Å²) in [5.74, 6) is -0.403. The Bertz CT molecular complexity index is 850. The van der Waals surface area contributed by atoms with Gasteiger partial charge in [0.1, 0.15) is 5.75 Å². The molecular formula is C22H23F4NO3. The molecule has 1 N–H and O–H groups in total. The first kappa shape index (κ1) is 21.1. The van der Waals surface area contributed by atoms with Crippen molar-refractivity contribution in [1.29, 1.82) is 0 Å². The maximum absolute atomic E-state index is 13.3. The van der Waals surface area contributed by atoms with Gasteiger partial charge in [-0.3, -0.25) is 4.90 Å². The largest absolute Gasteiger partial charge is 0.461 e. The summed E-state index contributed by atoms with van der Waals surface area (Å²) in [6.07, 6.45) is -7.86. The van der Waals surface area contributed by atoms with E-state index in [1.165, 1.54) is 18.2 Å². The van der Waals surface area contributed by atoms with Gasteiger partial charge in [0, 0.05) is 18.6 Å². The van der Waals surface area contributed by atoms with Crippen molar-refractivity contribution in [3.05, 3.63) is 65.7 Å². The van der Waals surface area contributed by atoms with Crippen LogP contribution in [0.15, 0.2) is 54.6 Å². The monoisotopic (exact) mass is 425 g/mol. The van der Waals surface area contributed by atoms with Crippen LogP contribution in [0.2, 0.25) is 0 Å². The zero-order valence-corrected chi connectivity index (χ0v) is 16.2. The van der Waals surface area contributed by atoms with E-state index in [9.17, 15) is 22.7 Å². The quantitative estimate of drug-likeness (QED) is 0.706. The average Bonchev–Trinajstić information content (AvgIpc) is 2.69. The van der Waals surface area contributed by atoms with Crippen LogP contribution in [0.5, 0.6) is 5.75 Å². The van der Waals surface area contributed by atoms with Gasteiger partial charge < -0.3 is 14.6 Å². The normalized spacial score (nSPS) is 27.3. The number of nitrogens with zero attached hydrogens (tertiary/aromatic N) is 1. The van der Waals surface area contributed by atoms with Crippen molar-refractivity contribution in [2.75, 3.05) is 13.2 Å². The van der Waals surface area contributed by atoms with Crippen LogP contribution in [-0.2, 0) is 16.9 Å². The minimum absolute atomic E-state index is 0.0604. The van der Waals surface area contributed by atoms with Gasteiger partial charge in [0.2, 0.25) is 0 Å². The Labute approximate surface area is 172 Å². The molecule has 2 unspecified atom stereocenters. The number of aliphatic hydroxyl groups is 1. The highest BCUT2D eigenvalue weighted by Crippen LogP contribution is 2.42. The molecule has 2 fully saturated rings. The molecule has 2 aromatic carbocycles. The van der Waals surface area contributed by atoms with E-state index in [2.05, 4.69) is 9.64 Å². The lowest BCUT2D eigenvalue weighted by Gasteiger charge is -2.52. The Hall–Kier alpha value is -2.16. The van der Waals surface area contributed by atoms with Gasteiger partial charge in [0.05, 0.1) is 18.8 Å². The lowest BCUT2D eigenvalue weighted by atomic mass is 9.76. The molecule has 162 valence electrons. The summed E-state index contributed by atoms with van der Waals surface area (Å²) in [7, 11) is 0. The molecule has 2 bridgehead atoms. The Kier molecular flexibility index (Phi) is 5.74. The van der Waals surface area contributed by atoms with Crippen LogP contribution in [-0.4, -0.2) is 47.8 Å². The fourth-order valence-electron chi connectivity index (χ4n) is 4.38. The molecule has 0 spiro atoms. The fraction of sp³-hybridized carbons (Fsp3) is 0.455. The smallest absolute Gasteiger partial charge is 0.428 e. The molecule has 2 aliphatic heterocycles. The predicted octanol–water partition coefficient (Wildman–Crippen LogP) is 4.17. The summed E-state index contributed by atoms with van der Waals surface area (Å²) in [5, 5.41) is 11.4. The predicted molar refractivity (Wildman–Crippen MR) is 102 cm³/mol. The summed E-state index contributed by atoms with van der Waals surface area (Å²) in [5.41, 5.74) is 0.247. The molecule has 0 aliphatic carbocycles. The van der Waals surface area contributed by atoms with Crippen LogP contribution >= 0.6 is 0 Å². The van der Waals surface area contributed by atoms with E-state index in [4.69, 9.17) is 4.74 Å². The van der Waals surface area contributed by atoms with Gasteiger partial charge in [-0.25, -0.2) is 0 Å². The number of morpholine rings is 1. The number of benzene rings is 2. The lowest BCUT2D eigenvalue weighted by Crippen LogP contribution is -2.60. The number of fused-ring (bicyclic) bond motifs is 2. The molecule has 0 aromatic heterocycles. The number of ether oxygens (including phenoxy) is 2. The molecule has 0 saturated carbocycles. The zero-order chi connectivity index (χ0) is 21.4. The molecule has 2 atom stereocenters. The Morgan fingerprint density at radius 2 is 1.73 bits per heavy atom. The Morgan fingerprint density at radius 1 is 1.07 bits per heavy atom. The van der Waals surface area contributed by atoms with Crippen molar-refractivity contribution in [1.82, 2.24) is 4.90 Å². The van der Waals surface area contributed by atoms with Gasteiger partial charge in [-0.05, 0) is 36.1 Å². The zero-order valence-electron chi connectivity index (χ0n) is 16.2. The van der Waals surface area contributed by atoms with Gasteiger partial charge in [-0.1, -0.05) is 42.5 Å². The van der Waals surface area contributed by atoms with Gasteiger partial charge >= 0.3 is 12.5 Å². The van der Waals surface area contributed by atoms with Crippen molar-refractivity contribution >= 4 is 0 Å². The first-order valence-corrected chi connectivity index (χ1v) is 9.82. The van der Waals surface area contributed by atoms with Crippen LogP contribution in [0.25, 0.3) is 0 Å². The van der Waals surface area contributed by atoms with E-state index in [1.54, 1.807) is 6.07 Å². The van der Waals surface area contributed by atoms with Crippen LogP contribution in [0.4, 0.5) is 17.6 Å². The maximum Gasteiger partial charge on any atom is 0.461 e. The minimum atomic E-state index is -4.59. The molecule has 30 heavy (non-hydrogen) atoms. The molecular weight excluding hydrogens is 402 g/mol. The second-order valence-corrected chi connectivity index (χ2v) is 7.94. The van der Waals surface area contributed by atoms with Crippen LogP contribution in [0, 0.1) is 0 Å². The number of piperidine rings is 1. The summed E-state index contributed by atoms with van der Waals surface area (Å²) in [4.78, 5) is 2.30. The van der Waals surface area contributed by atoms with E-state index < -0.39 is 23.9 Å². The number of halogens is 4. The second-order valence-electron chi connectivity index (χ2n) is 7.94. The van der Waals surface area contributed by atoms with Gasteiger partial charge in [0.15, 0.2) is 0 Å². The van der Waals surface area contributed by atoms with Gasteiger partial charge in [-0.15, -0.1) is 0 Å².